The summed E-state index contributed by atoms with van der Waals surface area (Å²) < 4.78 is 64.1. The van der Waals surface area contributed by atoms with Gasteiger partial charge in [0, 0.05) is 18.3 Å². The Labute approximate surface area is 158 Å². The number of nitrogens with zero attached hydrogens (tertiary/aromatic N) is 2. The third kappa shape index (κ3) is 4.83. The van der Waals surface area contributed by atoms with Gasteiger partial charge in [-0.3, -0.25) is 9.78 Å². The van der Waals surface area contributed by atoms with E-state index in [2.05, 4.69) is 4.98 Å². The van der Waals surface area contributed by atoms with Crippen LogP contribution in [0.2, 0.25) is 5.02 Å². The number of alkyl halides is 3. The van der Waals surface area contributed by atoms with E-state index in [4.69, 9.17) is 24.2 Å². The van der Waals surface area contributed by atoms with E-state index in [9.17, 15) is 18.0 Å². The molecule has 0 atom stereocenters. The second-order valence-corrected chi connectivity index (χ2v) is 6.38. The van der Waals surface area contributed by atoms with Crippen molar-refractivity contribution < 1.29 is 30.6 Å². The van der Waals surface area contributed by atoms with E-state index in [1.54, 1.807) is 18.5 Å². The van der Waals surface area contributed by atoms with Gasteiger partial charge in [0.2, 0.25) is 0 Å². The lowest BCUT2D eigenvalue weighted by atomic mass is 9.95. The van der Waals surface area contributed by atoms with Crippen LogP contribution in [0.25, 0.3) is 0 Å². The molecule has 27 heavy (non-hydrogen) atoms. The Hall–Kier alpha value is -2.46. The van der Waals surface area contributed by atoms with Crippen molar-refractivity contribution in [3.8, 4) is 0 Å². The van der Waals surface area contributed by atoms with Crippen LogP contribution in [0.4, 0.5) is 18.9 Å². The van der Waals surface area contributed by atoms with Crippen LogP contribution in [0.15, 0.2) is 30.6 Å². The Bertz CT molecular complexity index is 987. The van der Waals surface area contributed by atoms with Crippen molar-refractivity contribution in [2.24, 2.45) is 0 Å². The number of benzene rings is 1. The minimum Gasteiger partial charge on any atom is -0.306 e. The Morgan fingerprint density at radius 2 is 1.85 bits per heavy atom. The highest BCUT2D eigenvalue weighted by Gasteiger charge is 2.36. The van der Waals surface area contributed by atoms with E-state index >= 15 is 0 Å². The summed E-state index contributed by atoms with van der Waals surface area (Å²) in [7, 11) is -3.11. The highest BCUT2D eigenvalue weighted by molar-refractivity contribution is 7.59. The number of amides is 1. The second kappa shape index (κ2) is 8.05. The SMILES string of the molecule is Cc1ccncc1N1CCc2cc(C(F)(F)F)c(Cl)cc2C1=O.O=S(=O)=O. The number of aryl methyl sites for hydroxylation is 1. The third-order valence-corrected chi connectivity index (χ3v) is 4.19. The molecule has 0 N–H and O–H groups in total. The summed E-state index contributed by atoms with van der Waals surface area (Å²) in [6.07, 6.45) is -1.01. The number of fused-ring (bicyclic) bond motifs is 1. The number of hydrogen-bond acceptors (Lipinski definition) is 5. The average molecular weight is 421 g/mol. The van der Waals surface area contributed by atoms with Crippen LogP contribution in [-0.2, 0) is 23.2 Å². The minimum absolute atomic E-state index is 0.206. The highest BCUT2D eigenvalue weighted by atomic mass is 35.5. The summed E-state index contributed by atoms with van der Waals surface area (Å²) in [5.74, 6) is -0.363. The molecule has 6 nitrogen and oxygen atoms in total. The van der Waals surface area contributed by atoms with E-state index in [0.717, 1.165) is 17.7 Å². The van der Waals surface area contributed by atoms with Gasteiger partial charge in [0.15, 0.2) is 0 Å². The fourth-order valence-corrected chi connectivity index (χ4v) is 2.96. The molecule has 1 aliphatic rings. The van der Waals surface area contributed by atoms with Gasteiger partial charge >= 0.3 is 16.8 Å². The van der Waals surface area contributed by atoms with Gasteiger partial charge in [0.25, 0.3) is 5.91 Å². The molecule has 0 saturated heterocycles. The maximum atomic E-state index is 12.9. The lowest BCUT2D eigenvalue weighted by Gasteiger charge is -2.30. The zero-order valence-electron chi connectivity index (χ0n) is 13.7. The Morgan fingerprint density at radius 3 is 2.41 bits per heavy atom. The van der Waals surface area contributed by atoms with Gasteiger partial charge in [0.1, 0.15) is 0 Å². The van der Waals surface area contributed by atoms with Crippen molar-refractivity contribution in [1.82, 2.24) is 4.98 Å². The lowest BCUT2D eigenvalue weighted by molar-refractivity contribution is -0.137. The van der Waals surface area contributed by atoms with E-state index < -0.39 is 27.4 Å². The zero-order chi connectivity index (χ0) is 20.4. The van der Waals surface area contributed by atoms with Gasteiger partial charge < -0.3 is 4.90 Å². The molecule has 1 aromatic heterocycles. The highest BCUT2D eigenvalue weighted by Crippen LogP contribution is 2.38. The molecule has 0 fully saturated rings. The predicted octanol–water partition coefficient (Wildman–Crippen LogP) is 3.26. The molecule has 1 amide bonds. The first-order chi connectivity index (χ1) is 12.5. The van der Waals surface area contributed by atoms with E-state index in [0.29, 0.717) is 24.2 Å². The van der Waals surface area contributed by atoms with E-state index in [-0.39, 0.29) is 11.5 Å². The summed E-state index contributed by atoms with van der Waals surface area (Å²) in [5.41, 5.74) is 1.19. The fraction of sp³-hybridized carbons (Fsp3) is 0.250. The zero-order valence-corrected chi connectivity index (χ0v) is 15.3. The Balaban J connectivity index is 0.000000596. The number of carbonyl (C=O) groups is 1. The number of hydrogen-bond donors (Lipinski definition) is 0. The van der Waals surface area contributed by atoms with Gasteiger partial charge in [-0.1, -0.05) is 11.6 Å². The molecule has 2 aromatic rings. The Morgan fingerprint density at radius 1 is 1.22 bits per heavy atom. The molecule has 0 unspecified atom stereocenters. The topological polar surface area (TPSA) is 84.4 Å². The number of rotatable bonds is 1. The largest absolute Gasteiger partial charge is 0.425 e. The van der Waals surface area contributed by atoms with E-state index in [1.165, 1.54) is 4.90 Å². The molecule has 144 valence electrons. The van der Waals surface area contributed by atoms with Crippen LogP contribution in [0.3, 0.4) is 0 Å². The molecular weight excluding hydrogens is 409 g/mol. The summed E-state index contributed by atoms with van der Waals surface area (Å²) in [6.45, 7) is 2.15. The molecule has 2 heterocycles. The standard InChI is InChI=1S/C16H12ClF3N2O.O3S/c1-9-2-4-21-8-14(9)22-5-3-10-6-12(16(18,19)20)13(17)7-11(10)15(22)23;1-4(2)3/h2,4,6-8H,3,5H2,1H3;. The van der Waals surface area contributed by atoms with Crippen LogP contribution in [0.1, 0.15) is 27.0 Å². The molecule has 0 radical (unpaired) electrons. The number of pyridine rings is 1. The van der Waals surface area contributed by atoms with Crippen LogP contribution in [-0.4, -0.2) is 30.1 Å². The first-order valence-corrected chi connectivity index (χ1v) is 8.79. The average Bonchev–Trinajstić information content (AvgIpc) is 2.55. The van der Waals surface area contributed by atoms with Gasteiger partial charge in [-0.25, -0.2) is 0 Å². The molecule has 0 bridgehead atoms. The van der Waals surface area contributed by atoms with Crippen LogP contribution < -0.4 is 4.90 Å². The molecule has 3 rings (SSSR count). The maximum absolute atomic E-state index is 12.9. The smallest absolute Gasteiger partial charge is 0.306 e. The van der Waals surface area contributed by atoms with Crippen LogP contribution in [0.5, 0.6) is 0 Å². The second-order valence-electron chi connectivity index (χ2n) is 5.56. The number of carbonyl (C=O) groups excluding carboxylic acids is 1. The number of aromatic nitrogens is 1. The van der Waals surface area contributed by atoms with E-state index in [1.807, 2.05) is 6.92 Å². The summed E-state index contributed by atoms with van der Waals surface area (Å²) >= 11 is 5.73. The van der Waals surface area contributed by atoms with Crippen LogP contribution in [0, 0.1) is 6.92 Å². The maximum Gasteiger partial charge on any atom is 0.425 e. The molecule has 1 aromatic carbocycles. The molecule has 11 heteroatoms. The molecular formula is C16H12ClF3N2O4S. The van der Waals surface area contributed by atoms with Crippen molar-refractivity contribution in [2.45, 2.75) is 19.5 Å². The van der Waals surface area contributed by atoms with Crippen molar-refractivity contribution in [2.75, 3.05) is 11.4 Å². The molecule has 0 spiro atoms. The summed E-state index contributed by atoms with van der Waals surface area (Å²) in [5, 5.41) is -0.464. The Kier molecular flexibility index (Phi) is 6.22. The van der Waals surface area contributed by atoms with Crippen molar-refractivity contribution in [3.05, 3.63) is 57.9 Å². The minimum atomic E-state index is -4.54. The molecule has 1 aliphatic heterocycles. The predicted molar refractivity (Wildman–Crippen MR) is 90.5 cm³/mol. The van der Waals surface area contributed by atoms with Crippen molar-refractivity contribution in [1.29, 1.82) is 0 Å². The van der Waals surface area contributed by atoms with Crippen LogP contribution >= 0.6 is 11.6 Å². The first-order valence-electron chi connectivity index (χ1n) is 7.41. The fourth-order valence-electron chi connectivity index (χ4n) is 2.69. The van der Waals surface area contributed by atoms with Gasteiger partial charge in [-0.15, -0.1) is 12.6 Å². The summed E-state index contributed by atoms with van der Waals surface area (Å²) in [6, 6.07) is 3.86. The van der Waals surface area contributed by atoms with Crippen molar-refractivity contribution in [3.63, 3.8) is 0 Å². The third-order valence-electron chi connectivity index (χ3n) is 3.88. The van der Waals surface area contributed by atoms with Gasteiger partial charge in [0.05, 0.1) is 22.5 Å². The normalized spacial score (nSPS) is 13.5. The lowest BCUT2D eigenvalue weighted by Crippen LogP contribution is -2.38. The molecule has 0 saturated carbocycles. The number of anilines is 1. The monoisotopic (exact) mass is 420 g/mol. The quantitative estimate of drug-likeness (QED) is 0.707. The van der Waals surface area contributed by atoms with Gasteiger partial charge in [-0.2, -0.15) is 13.2 Å². The first kappa shape index (κ1) is 20.8. The summed E-state index contributed by atoms with van der Waals surface area (Å²) in [4.78, 5) is 18.2. The number of halogens is 4. The molecule has 0 aliphatic carbocycles. The van der Waals surface area contributed by atoms with Crippen molar-refractivity contribution >= 4 is 33.8 Å². The van der Waals surface area contributed by atoms with Gasteiger partial charge in [-0.05, 0) is 42.7 Å².